The minimum atomic E-state index is -0.470. The molecule has 0 amide bonds. The molecule has 2 N–H and O–H groups in total. The van der Waals surface area contributed by atoms with Gasteiger partial charge >= 0.3 is 0 Å². The van der Waals surface area contributed by atoms with Crippen molar-refractivity contribution in [3.05, 3.63) is 46.5 Å². The molecule has 0 atom stereocenters. The minimum absolute atomic E-state index is 0.470. The highest BCUT2D eigenvalue weighted by Crippen LogP contribution is 2.27. The molecule has 1 aromatic heterocycles. The molecule has 0 aliphatic rings. The van der Waals surface area contributed by atoms with Crippen LogP contribution in [-0.4, -0.2) is 9.55 Å². The standard InChI is InChI=1S/C12H13Cl2N3/c1-12(2,15)11-6-16-7-17(11)8-3-4-9(13)10(14)5-8/h3-7H,15H2,1-2H3. The third kappa shape index (κ3) is 2.46. The van der Waals surface area contributed by atoms with E-state index in [-0.39, 0.29) is 0 Å². The van der Waals surface area contributed by atoms with Crippen LogP contribution in [0.3, 0.4) is 0 Å². The summed E-state index contributed by atoms with van der Waals surface area (Å²) in [5, 5.41) is 1.04. The summed E-state index contributed by atoms with van der Waals surface area (Å²) in [6, 6.07) is 5.43. The number of aromatic nitrogens is 2. The van der Waals surface area contributed by atoms with Crippen molar-refractivity contribution in [2.75, 3.05) is 0 Å². The van der Waals surface area contributed by atoms with Gasteiger partial charge in [-0.1, -0.05) is 23.2 Å². The third-order valence-electron chi connectivity index (χ3n) is 2.48. The van der Waals surface area contributed by atoms with Crippen LogP contribution in [0.5, 0.6) is 0 Å². The Balaban J connectivity index is 2.54. The average Bonchev–Trinajstić information content (AvgIpc) is 2.70. The van der Waals surface area contributed by atoms with E-state index >= 15 is 0 Å². The molecule has 0 unspecified atom stereocenters. The van der Waals surface area contributed by atoms with Crippen LogP contribution in [0.15, 0.2) is 30.7 Å². The monoisotopic (exact) mass is 269 g/mol. The predicted molar refractivity (Wildman–Crippen MR) is 70.8 cm³/mol. The molecule has 0 spiro atoms. The van der Waals surface area contributed by atoms with E-state index < -0.39 is 5.54 Å². The molecule has 2 rings (SSSR count). The predicted octanol–water partition coefficient (Wildman–Crippen LogP) is 3.37. The van der Waals surface area contributed by atoms with Crippen LogP contribution in [0.2, 0.25) is 10.0 Å². The van der Waals surface area contributed by atoms with Crippen LogP contribution in [0.1, 0.15) is 19.5 Å². The third-order valence-corrected chi connectivity index (χ3v) is 3.22. The topological polar surface area (TPSA) is 43.8 Å². The number of hydrogen-bond acceptors (Lipinski definition) is 2. The quantitative estimate of drug-likeness (QED) is 0.909. The van der Waals surface area contributed by atoms with Crippen molar-refractivity contribution in [1.29, 1.82) is 0 Å². The van der Waals surface area contributed by atoms with E-state index in [0.717, 1.165) is 11.4 Å². The van der Waals surface area contributed by atoms with Gasteiger partial charge in [0.25, 0.3) is 0 Å². The normalized spacial score (nSPS) is 11.8. The lowest BCUT2D eigenvalue weighted by molar-refractivity contribution is 0.524. The van der Waals surface area contributed by atoms with E-state index in [9.17, 15) is 0 Å². The highest BCUT2D eigenvalue weighted by Gasteiger charge is 2.19. The molecule has 5 heteroatoms. The van der Waals surface area contributed by atoms with Crippen LogP contribution in [-0.2, 0) is 5.54 Å². The van der Waals surface area contributed by atoms with Gasteiger partial charge in [-0.05, 0) is 32.0 Å². The van der Waals surface area contributed by atoms with Gasteiger partial charge in [-0.25, -0.2) is 4.98 Å². The molecule has 0 bridgehead atoms. The van der Waals surface area contributed by atoms with Gasteiger partial charge in [-0.3, -0.25) is 0 Å². The summed E-state index contributed by atoms with van der Waals surface area (Å²) in [5.41, 5.74) is 7.42. The Bertz CT molecular complexity index is 541. The van der Waals surface area contributed by atoms with Gasteiger partial charge < -0.3 is 10.3 Å². The summed E-state index contributed by atoms with van der Waals surface area (Å²) in [7, 11) is 0. The van der Waals surface area contributed by atoms with Gasteiger partial charge in [0.05, 0.1) is 33.8 Å². The number of imidazole rings is 1. The summed E-state index contributed by atoms with van der Waals surface area (Å²) < 4.78 is 1.90. The summed E-state index contributed by atoms with van der Waals surface area (Å²) in [6.45, 7) is 3.86. The molecule has 2 aromatic rings. The summed E-state index contributed by atoms with van der Waals surface area (Å²) in [6.07, 6.45) is 3.46. The van der Waals surface area contributed by atoms with Crippen LogP contribution >= 0.6 is 23.2 Å². The fourth-order valence-corrected chi connectivity index (χ4v) is 1.90. The van der Waals surface area contributed by atoms with Gasteiger partial charge in [0.1, 0.15) is 0 Å². The van der Waals surface area contributed by atoms with Gasteiger partial charge in [-0.2, -0.15) is 0 Å². The van der Waals surface area contributed by atoms with E-state index in [1.165, 1.54) is 0 Å². The number of nitrogens with two attached hydrogens (primary N) is 1. The van der Waals surface area contributed by atoms with E-state index in [4.69, 9.17) is 28.9 Å². The Kier molecular flexibility index (Phi) is 3.17. The SMILES string of the molecule is CC(C)(N)c1cncn1-c1ccc(Cl)c(Cl)c1. The summed E-state index contributed by atoms with van der Waals surface area (Å²) in [4.78, 5) is 4.12. The van der Waals surface area contributed by atoms with Crippen LogP contribution in [0.25, 0.3) is 5.69 Å². The summed E-state index contributed by atoms with van der Waals surface area (Å²) >= 11 is 11.9. The van der Waals surface area contributed by atoms with Crippen molar-refractivity contribution in [3.8, 4) is 5.69 Å². The number of hydrogen-bond donors (Lipinski definition) is 1. The average molecular weight is 270 g/mol. The maximum absolute atomic E-state index is 6.09. The Morgan fingerprint density at radius 3 is 2.53 bits per heavy atom. The number of halogens is 2. The Morgan fingerprint density at radius 2 is 1.94 bits per heavy atom. The second-order valence-corrected chi connectivity index (χ2v) is 5.28. The number of rotatable bonds is 2. The number of benzene rings is 1. The van der Waals surface area contributed by atoms with Crippen molar-refractivity contribution in [2.24, 2.45) is 5.73 Å². The molecule has 0 aliphatic heterocycles. The molecule has 0 saturated carbocycles. The first-order valence-corrected chi connectivity index (χ1v) is 5.92. The number of nitrogens with zero attached hydrogens (tertiary/aromatic N) is 2. The largest absolute Gasteiger partial charge is 0.321 e. The Labute approximate surface area is 110 Å². The maximum Gasteiger partial charge on any atom is 0.0994 e. The highest BCUT2D eigenvalue weighted by molar-refractivity contribution is 6.42. The molecular formula is C12H13Cl2N3. The van der Waals surface area contributed by atoms with Gasteiger partial charge in [-0.15, -0.1) is 0 Å². The molecule has 90 valence electrons. The zero-order chi connectivity index (χ0) is 12.6. The lowest BCUT2D eigenvalue weighted by Crippen LogP contribution is -2.31. The molecular weight excluding hydrogens is 257 g/mol. The minimum Gasteiger partial charge on any atom is -0.321 e. The molecule has 1 heterocycles. The first-order valence-electron chi connectivity index (χ1n) is 5.17. The first-order chi connectivity index (χ1) is 7.89. The van der Waals surface area contributed by atoms with Gasteiger partial charge in [0, 0.05) is 5.69 Å². The molecule has 17 heavy (non-hydrogen) atoms. The molecule has 0 saturated heterocycles. The van der Waals surface area contributed by atoms with Crippen molar-refractivity contribution in [1.82, 2.24) is 9.55 Å². The van der Waals surface area contributed by atoms with E-state index in [0.29, 0.717) is 10.0 Å². The Morgan fingerprint density at radius 1 is 1.24 bits per heavy atom. The van der Waals surface area contributed by atoms with E-state index in [2.05, 4.69) is 4.98 Å². The van der Waals surface area contributed by atoms with Crippen molar-refractivity contribution < 1.29 is 0 Å². The van der Waals surface area contributed by atoms with Crippen LogP contribution in [0, 0.1) is 0 Å². The van der Waals surface area contributed by atoms with Gasteiger partial charge in [0.15, 0.2) is 0 Å². The second kappa shape index (κ2) is 4.33. The highest BCUT2D eigenvalue weighted by atomic mass is 35.5. The smallest absolute Gasteiger partial charge is 0.0994 e. The zero-order valence-electron chi connectivity index (χ0n) is 9.61. The van der Waals surface area contributed by atoms with Crippen LogP contribution < -0.4 is 5.73 Å². The van der Waals surface area contributed by atoms with Gasteiger partial charge in [0.2, 0.25) is 0 Å². The molecule has 0 fully saturated rings. The molecule has 0 radical (unpaired) electrons. The van der Waals surface area contributed by atoms with Crippen LogP contribution in [0.4, 0.5) is 0 Å². The summed E-state index contributed by atoms with van der Waals surface area (Å²) in [5.74, 6) is 0. The lowest BCUT2D eigenvalue weighted by Gasteiger charge is -2.20. The van der Waals surface area contributed by atoms with Crippen molar-refractivity contribution in [2.45, 2.75) is 19.4 Å². The zero-order valence-corrected chi connectivity index (χ0v) is 11.1. The molecule has 3 nitrogen and oxygen atoms in total. The van der Waals surface area contributed by atoms with E-state index in [1.807, 2.05) is 24.5 Å². The Hall–Kier alpha value is -1.03. The lowest BCUT2D eigenvalue weighted by atomic mass is 10.0. The fraction of sp³-hybridized carbons (Fsp3) is 0.250. The van der Waals surface area contributed by atoms with E-state index in [1.54, 1.807) is 24.7 Å². The van der Waals surface area contributed by atoms with Crippen molar-refractivity contribution >= 4 is 23.2 Å². The first kappa shape index (κ1) is 12.4. The molecule has 1 aromatic carbocycles. The fourth-order valence-electron chi connectivity index (χ4n) is 1.61. The van der Waals surface area contributed by atoms with Crippen molar-refractivity contribution in [3.63, 3.8) is 0 Å². The molecule has 0 aliphatic carbocycles. The second-order valence-electron chi connectivity index (χ2n) is 4.47. The maximum atomic E-state index is 6.09.